The Kier molecular flexibility index (Phi) is 3.40. The molecule has 1 saturated carbocycles. The molecule has 5 heteroatoms. The van der Waals surface area contributed by atoms with Crippen molar-refractivity contribution in [3.8, 4) is 0 Å². The average Bonchev–Trinajstić information content (AvgIpc) is 2.04. The van der Waals surface area contributed by atoms with Gasteiger partial charge in [0.25, 0.3) is 0 Å². The summed E-state index contributed by atoms with van der Waals surface area (Å²) in [5.41, 5.74) is -1.82. The first kappa shape index (κ1) is 11.0. The number of rotatable bonds is 2. The van der Waals surface area contributed by atoms with Crippen molar-refractivity contribution in [1.29, 1.82) is 0 Å². The molecule has 0 unspecified atom stereocenters. The van der Waals surface area contributed by atoms with Gasteiger partial charge in [-0.2, -0.15) is 13.2 Å². The molecule has 0 spiro atoms. The Bertz CT molecular complexity index is 158. The maximum Gasteiger partial charge on any atom is 0.416 e. The van der Waals surface area contributed by atoms with Crippen molar-refractivity contribution in [2.24, 2.45) is 0 Å². The largest absolute Gasteiger partial charge is 0.416 e. The lowest BCUT2D eigenvalue weighted by Gasteiger charge is -2.38. The van der Waals surface area contributed by atoms with Crippen LogP contribution in [-0.4, -0.2) is 21.5 Å². The molecule has 1 nitrogen and oxygen atoms in total. The molecule has 0 aliphatic heterocycles. The van der Waals surface area contributed by atoms with Crippen LogP contribution < -0.4 is 0 Å². The zero-order valence-electron chi connectivity index (χ0n) is 7.58. The lowest BCUT2D eigenvalue weighted by molar-refractivity contribution is -0.258. The number of alkyl halides is 3. The number of halogens is 3. The van der Waals surface area contributed by atoms with Gasteiger partial charge in [0.2, 0.25) is 9.76 Å². The third-order valence-electron chi connectivity index (χ3n) is 2.48. The maximum atomic E-state index is 12.7. The highest BCUT2D eigenvalue weighted by Gasteiger charge is 2.55. The monoisotopic (exact) mass is 210 g/mol. The molecule has 0 heterocycles. The van der Waals surface area contributed by atoms with Crippen LogP contribution in [0.5, 0.6) is 0 Å². The third kappa shape index (κ3) is 2.25. The van der Waals surface area contributed by atoms with E-state index in [1.54, 1.807) is 6.55 Å². The van der Waals surface area contributed by atoms with E-state index in [4.69, 9.17) is 4.43 Å². The van der Waals surface area contributed by atoms with Crippen molar-refractivity contribution in [1.82, 2.24) is 0 Å². The smallest absolute Gasteiger partial charge is 0.404 e. The summed E-state index contributed by atoms with van der Waals surface area (Å²) in [6.45, 7) is 1.64. The highest BCUT2D eigenvalue weighted by atomic mass is 28.2. The Labute approximate surface area is 78.6 Å². The van der Waals surface area contributed by atoms with E-state index >= 15 is 0 Å². The predicted octanol–water partition coefficient (Wildman–Crippen LogP) is 2.94. The van der Waals surface area contributed by atoms with Gasteiger partial charge in [-0.3, -0.25) is 0 Å². The molecular weight excluding hydrogens is 197 g/mol. The summed E-state index contributed by atoms with van der Waals surface area (Å²) >= 11 is 0. The lowest BCUT2D eigenvalue weighted by Crippen LogP contribution is -2.49. The molecule has 1 fully saturated rings. The zero-order chi connectivity index (χ0) is 9.95. The molecule has 0 atom stereocenters. The summed E-state index contributed by atoms with van der Waals surface area (Å²) in [5.74, 6) is 0. The van der Waals surface area contributed by atoms with Crippen LogP contribution in [0.25, 0.3) is 0 Å². The van der Waals surface area contributed by atoms with E-state index in [9.17, 15) is 13.2 Å². The minimum Gasteiger partial charge on any atom is -0.404 e. The van der Waals surface area contributed by atoms with E-state index in [-0.39, 0.29) is 22.6 Å². The van der Waals surface area contributed by atoms with E-state index < -0.39 is 11.8 Å². The van der Waals surface area contributed by atoms with Crippen molar-refractivity contribution in [3.05, 3.63) is 0 Å². The van der Waals surface area contributed by atoms with Crippen LogP contribution >= 0.6 is 0 Å². The molecule has 0 bridgehead atoms. The van der Waals surface area contributed by atoms with Gasteiger partial charge in [-0.15, -0.1) is 0 Å². The fourth-order valence-electron chi connectivity index (χ4n) is 1.76. The SMILES string of the molecule is C[Si]OC1(C(F)(F)F)CCCCC1. The van der Waals surface area contributed by atoms with Crippen molar-refractivity contribution in [2.75, 3.05) is 0 Å². The first-order valence-electron chi connectivity index (χ1n) is 4.43. The topological polar surface area (TPSA) is 9.23 Å². The van der Waals surface area contributed by atoms with Gasteiger partial charge in [-0.05, 0) is 19.4 Å². The van der Waals surface area contributed by atoms with Gasteiger partial charge in [0.1, 0.15) is 0 Å². The van der Waals surface area contributed by atoms with Gasteiger partial charge in [0.15, 0.2) is 5.60 Å². The fourth-order valence-corrected chi connectivity index (χ4v) is 2.47. The van der Waals surface area contributed by atoms with Crippen molar-refractivity contribution in [2.45, 2.75) is 50.4 Å². The summed E-state index contributed by atoms with van der Waals surface area (Å²) in [5, 5.41) is 0. The summed E-state index contributed by atoms with van der Waals surface area (Å²) in [6.07, 6.45) is -1.77. The zero-order valence-corrected chi connectivity index (χ0v) is 8.58. The average molecular weight is 210 g/mol. The van der Waals surface area contributed by atoms with E-state index in [0.717, 1.165) is 6.42 Å². The molecule has 0 aromatic heterocycles. The maximum absolute atomic E-state index is 12.7. The third-order valence-corrected chi connectivity index (χ3v) is 3.07. The van der Waals surface area contributed by atoms with Crippen LogP contribution in [0, 0.1) is 0 Å². The number of hydrogen-bond acceptors (Lipinski definition) is 1. The molecule has 0 aromatic rings. The molecule has 1 aliphatic rings. The molecule has 76 valence electrons. The molecule has 0 saturated heterocycles. The molecule has 0 N–H and O–H groups in total. The molecule has 1 rings (SSSR count). The molecule has 0 aromatic carbocycles. The molecule has 2 radical (unpaired) electrons. The van der Waals surface area contributed by atoms with E-state index in [2.05, 4.69) is 0 Å². The second kappa shape index (κ2) is 4.00. The van der Waals surface area contributed by atoms with Crippen LogP contribution in [0.2, 0.25) is 6.55 Å². The quantitative estimate of drug-likeness (QED) is 0.637. The minimum atomic E-state index is -4.20. The minimum absolute atomic E-state index is 0.0868. The van der Waals surface area contributed by atoms with Crippen molar-refractivity contribution >= 4 is 9.76 Å². The molecule has 0 amide bonds. The number of hydrogen-bond donors (Lipinski definition) is 0. The van der Waals surface area contributed by atoms with E-state index in [1.165, 1.54) is 0 Å². The van der Waals surface area contributed by atoms with Gasteiger partial charge in [0.05, 0.1) is 0 Å². The Hall–Kier alpha value is -0.0331. The van der Waals surface area contributed by atoms with Crippen LogP contribution in [0.1, 0.15) is 32.1 Å². The lowest BCUT2D eigenvalue weighted by atomic mass is 9.84. The van der Waals surface area contributed by atoms with Gasteiger partial charge >= 0.3 is 6.18 Å². The Balaban J connectivity index is 2.73. The normalized spacial score (nSPS) is 23.1. The first-order valence-corrected chi connectivity index (χ1v) is 5.84. The first-order chi connectivity index (χ1) is 6.02. The summed E-state index contributed by atoms with van der Waals surface area (Å²) in [7, 11) is -0.0868. The molecule has 13 heavy (non-hydrogen) atoms. The van der Waals surface area contributed by atoms with Gasteiger partial charge in [-0.1, -0.05) is 19.3 Å². The Morgan fingerprint density at radius 1 is 1.15 bits per heavy atom. The molecule has 1 aliphatic carbocycles. The van der Waals surface area contributed by atoms with Gasteiger partial charge in [0, 0.05) is 0 Å². The predicted molar refractivity (Wildman–Crippen MR) is 44.6 cm³/mol. The second-order valence-corrected chi connectivity index (χ2v) is 3.97. The van der Waals surface area contributed by atoms with Crippen LogP contribution in [0.15, 0.2) is 0 Å². The standard InChI is InChI=1S/C8H13F3OSi/c1-13-12-7(8(9,10)11)5-3-2-4-6-7/h2-6H2,1H3. The summed E-state index contributed by atoms with van der Waals surface area (Å²) < 4.78 is 42.9. The van der Waals surface area contributed by atoms with Gasteiger partial charge in [-0.25, -0.2) is 0 Å². The van der Waals surface area contributed by atoms with Crippen molar-refractivity contribution < 1.29 is 17.6 Å². The second-order valence-electron chi connectivity index (χ2n) is 3.36. The summed E-state index contributed by atoms with van der Waals surface area (Å²) in [4.78, 5) is 0. The van der Waals surface area contributed by atoms with Crippen LogP contribution in [0.3, 0.4) is 0 Å². The van der Waals surface area contributed by atoms with E-state index in [0.29, 0.717) is 12.8 Å². The highest BCUT2D eigenvalue weighted by molar-refractivity contribution is 6.25. The Morgan fingerprint density at radius 2 is 1.69 bits per heavy atom. The Morgan fingerprint density at radius 3 is 2.08 bits per heavy atom. The van der Waals surface area contributed by atoms with Gasteiger partial charge < -0.3 is 4.43 Å². The summed E-state index contributed by atoms with van der Waals surface area (Å²) in [6, 6.07) is 0. The van der Waals surface area contributed by atoms with E-state index in [1.807, 2.05) is 0 Å². The van der Waals surface area contributed by atoms with Crippen LogP contribution in [0.4, 0.5) is 13.2 Å². The fraction of sp³-hybridized carbons (Fsp3) is 1.00. The molecular formula is C8H13F3OSi. The van der Waals surface area contributed by atoms with Crippen LogP contribution in [-0.2, 0) is 4.43 Å². The van der Waals surface area contributed by atoms with Crippen molar-refractivity contribution in [3.63, 3.8) is 0 Å². The highest BCUT2D eigenvalue weighted by Crippen LogP contribution is 2.43.